The SMILES string of the molecule is N#Cc1ccccc1CN1CCC[C@@H](n2ncc(N3CCC3)cc2=O)C1. The normalized spacial score (nSPS) is 20.4. The van der Waals surface area contributed by atoms with Crippen molar-refractivity contribution in [3.63, 3.8) is 0 Å². The molecule has 0 spiro atoms. The van der Waals surface area contributed by atoms with E-state index in [0.29, 0.717) is 0 Å². The van der Waals surface area contributed by atoms with Crippen LogP contribution < -0.4 is 10.5 Å². The van der Waals surface area contributed by atoms with E-state index in [9.17, 15) is 10.1 Å². The third-order valence-electron chi connectivity index (χ3n) is 5.39. The highest BCUT2D eigenvalue weighted by Gasteiger charge is 2.24. The number of piperidine rings is 1. The zero-order chi connectivity index (χ0) is 17.9. The van der Waals surface area contributed by atoms with Gasteiger partial charge in [0, 0.05) is 32.2 Å². The summed E-state index contributed by atoms with van der Waals surface area (Å²) in [5.74, 6) is 0. The largest absolute Gasteiger partial charge is 0.370 e. The Morgan fingerprint density at radius 2 is 2.04 bits per heavy atom. The first-order valence-electron chi connectivity index (χ1n) is 9.29. The summed E-state index contributed by atoms with van der Waals surface area (Å²) in [6.07, 6.45) is 5.00. The molecule has 1 aromatic heterocycles. The molecule has 0 bridgehead atoms. The van der Waals surface area contributed by atoms with Gasteiger partial charge in [0.1, 0.15) is 0 Å². The molecule has 6 heteroatoms. The maximum Gasteiger partial charge on any atom is 0.269 e. The predicted molar refractivity (Wildman–Crippen MR) is 100 cm³/mol. The fourth-order valence-electron chi connectivity index (χ4n) is 3.81. The highest BCUT2D eigenvalue weighted by Crippen LogP contribution is 2.23. The Labute approximate surface area is 153 Å². The van der Waals surface area contributed by atoms with Gasteiger partial charge in [-0.25, -0.2) is 4.68 Å². The van der Waals surface area contributed by atoms with Crippen LogP contribution in [0.5, 0.6) is 0 Å². The van der Waals surface area contributed by atoms with Crippen LogP contribution in [-0.2, 0) is 6.54 Å². The monoisotopic (exact) mass is 349 g/mol. The van der Waals surface area contributed by atoms with E-state index < -0.39 is 0 Å². The molecule has 2 saturated heterocycles. The molecule has 0 unspecified atom stereocenters. The van der Waals surface area contributed by atoms with Gasteiger partial charge in [0.25, 0.3) is 5.56 Å². The molecule has 3 heterocycles. The molecule has 0 saturated carbocycles. The van der Waals surface area contributed by atoms with Crippen LogP contribution >= 0.6 is 0 Å². The zero-order valence-electron chi connectivity index (χ0n) is 14.8. The fourth-order valence-corrected chi connectivity index (χ4v) is 3.81. The molecule has 4 rings (SSSR count). The van der Waals surface area contributed by atoms with Gasteiger partial charge in [-0.05, 0) is 37.4 Å². The summed E-state index contributed by atoms with van der Waals surface area (Å²) in [4.78, 5) is 17.1. The highest BCUT2D eigenvalue weighted by molar-refractivity contribution is 5.45. The second-order valence-electron chi connectivity index (χ2n) is 7.14. The summed E-state index contributed by atoms with van der Waals surface area (Å²) in [5.41, 5.74) is 2.69. The number of hydrogen-bond donors (Lipinski definition) is 0. The molecule has 26 heavy (non-hydrogen) atoms. The van der Waals surface area contributed by atoms with Crippen molar-refractivity contribution in [3.8, 4) is 6.07 Å². The van der Waals surface area contributed by atoms with Crippen LogP contribution in [-0.4, -0.2) is 40.9 Å². The number of nitriles is 1. The third-order valence-corrected chi connectivity index (χ3v) is 5.39. The van der Waals surface area contributed by atoms with Crippen molar-refractivity contribution in [3.05, 3.63) is 58.0 Å². The Morgan fingerprint density at radius 1 is 1.19 bits per heavy atom. The molecular weight excluding hydrogens is 326 g/mol. The van der Waals surface area contributed by atoms with E-state index in [1.165, 1.54) is 6.42 Å². The highest BCUT2D eigenvalue weighted by atomic mass is 16.1. The summed E-state index contributed by atoms with van der Waals surface area (Å²) in [6.45, 7) is 4.54. The van der Waals surface area contributed by atoms with Crippen molar-refractivity contribution in [2.75, 3.05) is 31.1 Å². The Balaban J connectivity index is 1.48. The van der Waals surface area contributed by atoms with Gasteiger partial charge in [-0.2, -0.15) is 10.4 Å². The molecule has 2 aliphatic rings. The van der Waals surface area contributed by atoms with E-state index >= 15 is 0 Å². The van der Waals surface area contributed by atoms with E-state index in [1.54, 1.807) is 10.7 Å². The zero-order valence-corrected chi connectivity index (χ0v) is 14.8. The fraction of sp³-hybridized carbons (Fsp3) is 0.450. The molecule has 1 aromatic carbocycles. The van der Waals surface area contributed by atoms with Crippen LogP contribution in [0.25, 0.3) is 0 Å². The average molecular weight is 349 g/mol. The number of rotatable bonds is 4. The molecule has 2 fully saturated rings. The summed E-state index contributed by atoms with van der Waals surface area (Å²) in [6, 6.07) is 11.8. The quantitative estimate of drug-likeness (QED) is 0.846. The van der Waals surface area contributed by atoms with Crippen LogP contribution in [0.3, 0.4) is 0 Å². The van der Waals surface area contributed by atoms with E-state index in [0.717, 1.165) is 62.4 Å². The molecule has 2 aromatic rings. The number of anilines is 1. The van der Waals surface area contributed by atoms with E-state index in [4.69, 9.17) is 0 Å². The summed E-state index contributed by atoms with van der Waals surface area (Å²) in [5, 5.41) is 13.7. The lowest BCUT2D eigenvalue weighted by Gasteiger charge is -2.34. The van der Waals surface area contributed by atoms with Crippen molar-refractivity contribution in [2.24, 2.45) is 0 Å². The molecule has 0 N–H and O–H groups in total. The van der Waals surface area contributed by atoms with Gasteiger partial charge in [0.15, 0.2) is 0 Å². The average Bonchev–Trinajstić information content (AvgIpc) is 2.61. The maximum atomic E-state index is 12.6. The van der Waals surface area contributed by atoms with Crippen LogP contribution in [0.15, 0.2) is 41.3 Å². The van der Waals surface area contributed by atoms with Gasteiger partial charge in [0.05, 0.1) is 29.6 Å². The lowest BCUT2D eigenvalue weighted by Crippen LogP contribution is -2.42. The van der Waals surface area contributed by atoms with Gasteiger partial charge in [0.2, 0.25) is 0 Å². The lowest BCUT2D eigenvalue weighted by molar-refractivity contribution is 0.160. The van der Waals surface area contributed by atoms with Crippen molar-refractivity contribution >= 4 is 5.69 Å². The second-order valence-corrected chi connectivity index (χ2v) is 7.14. The molecular formula is C20H23N5O. The Morgan fingerprint density at radius 3 is 2.77 bits per heavy atom. The Kier molecular flexibility index (Phi) is 4.72. The molecule has 0 aliphatic carbocycles. The summed E-state index contributed by atoms with van der Waals surface area (Å²) in [7, 11) is 0. The summed E-state index contributed by atoms with van der Waals surface area (Å²) >= 11 is 0. The minimum absolute atomic E-state index is 0.0151. The predicted octanol–water partition coefficient (Wildman–Crippen LogP) is 2.16. The molecule has 6 nitrogen and oxygen atoms in total. The third kappa shape index (κ3) is 3.35. The van der Waals surface area contributed by atoms with Crippen LogP contribution in [0, 0.1) is 11.3 Å². The topological polar surface area (TPSA) is 65.2 Å². The second kappa shape index (κ2) is 7.30. The number of likely N-dealkylation sites (tertiary alicyclic amines) is 1. The van der Waals surface area contributed by atoms with Crippen molar-refractivity contribution < 1.29 is 0 Å². The molecule has 0 radical (unpaired) electrons. The van der Waals surface area contributed by atoms with Crippen LogP contribution in [0.1, 0.15) is 36.4 Å². The molecule has 134 valence electrons. The van der Waals surface area contributed by atoms with E-state index in [2.05, 4.69) is 21.0 Å². The van der Waals surface area contributed by atoms with Gasteiger partial charge in [-0.1, -0.05) is 18.2 Å². The van der Waals surface area contributed by atoms with Gasteiger partial charge in [-0.3, -0.25) is 9.69 Å². The number of aromatic nitrogens is 2. The Hall–Kier alpha value is -2.65. The summed E-state index contributed by atoms with van der Waals surface area (Å²) < 4.78 is 1.64. The van der Waals surface area contributed by atoms with Crippen molar-refractivity contribution in [2.45, 2.75) is 31.8 Å². The van der Waals surface area contributed by atoms with Gasteiger partial charge < -0.3 is 4.90 Å². The van der Waals surface area contributed by atoms with Gasteiger partial charge >= 0.3 is 0 Å². The van der Waals surface area contributed by atoms with Crippen molar-refractivity contribution in [1.29, 1.82) is 5.26 Å². The smallest absolute Gasteiger partial charge is 0.269 e. The van der Waals surface area contributed by atoms with Crippen LogP contribution in [0.4, 0.5) is 5.69 Å². The lowest BCUT2D eigenvalue weighted by atomic mass is 10.0. The first-order valence-corrected chi connectivity index (χ1v) is 9.29. The van der Waals surface area contributed by atoms with E-state index in [-0.39, 0.29) is 11.6 Å². The minimum atomic E-state index is -0.0151. The van der Waals surface area contributed by atoms with Crippen LogP contribution in [0.2, 0.25) is 0 Å². The Bertz CT molecular complexity index is 880. The standard InChI is InChI=1S/C20H23N5O/c21-12-16-5-1-2-6-17(16)14-23-8-3-7-18(15-23)25-20(26)11-19(13-22-25)24-9-4-10-24/h1-2,5-6,11,13,18H,3-4,7-10,14-15H2/t18-/m1/s1. The first kappa shape index (κ1) is 16.8. The van der Waals surface area contributed by atoms with E-state index in [1.807, 2.05) is 30.5 Å². The molecule has 0 amide bonds. The number of hydrogen-bond acceptors (Lipinski definition) is 5. The first-order chi connectivity index (χ1) is 12.7. The van der Waals surface area contributed by atoms with Gasteiger partial charge in [-0.15, -0.1) is 0 Å². The molecule has 1 atom stereocenters. The minimum Gasteiger partial charge on any atom is -0.370 e. The number of benzene rings is 1. The van der Waals surface area contributed by atoms with Crippen molar-refractivity contribution in [1.82, 2.24) is 14.7 Å². The maximum absolute atomic E-state index is 12.6. The number of nitrogens with zero attached hydrogens (tertiary/aromatic N) is 5. The molecule has 2 aliphatic heterocycles.